The topological polar surface area (TPSA) is 35.5 Å². The molecule has 2 rings (SSSR count). The van der Waals surface area contributed by atoms with Crippen LogP contribution in [0.5, 0.6) is 0 Å². The number of likely N-dealkylation sites (tertiary alicyclic amines) is 1. The summed E-state index contributed by atoms with van der Waals surface area (Å²) in [5, 5.41) is 13.2. The summed E-state index contributed by atoms with van der Waals surface area (Å²) < 4.78 is 0. The van der Waals surface area contributed by atoms with Crippen LogP contribution in [0.1, 0.15) is 26.2 Å². The van der Waals surface area contributed by atoms with E-state index in [1.165, 1.54) is 32.4 Å². The second-order valence-corrected chi connectivity index (χ2v) is 5.29. The third-order valence-corrected chi connectivity index (χ3v) is 3.73. The number of aliphatic hydroxyl groups excluding tert-OH is 1. The first kappa shape index (κ1) is 11.4. The van der Waals surface area contributed by atoms with Crippen LogP contribution in [0.2, 0.25) is 0 Å². The van der Waals surface area contributed by atoms with Crippen LogP contribution in [0.15, 0.2) is 0 Å². The predicted octanol–water partition coefficient (Wildman–Crippen LogP) is 0.689. The molecule has 0 radical (unpaired) electrons. The molecule has 2 fully saturated rings. The van der Waals surface area contributed by atoms with Crippen LogP contribution in [0, 0.1) is 11.8 Å². The van der Waals surface area contributed by atoms with Gasteiger partial charge in [-0.25, -0.2) is 0 Å². The molecular weight excluding hydrogens is 188 g/mol. The lowest BCUT2D eigenvalue weighted by Gasteiger charge is -2.19. The van der Waals surface area contributed by atoms with E-state index in [1.54, 1.807) is 0 Å². The lowest BCUT2D eigenvalue weighted by Crippen LogP contribution is -2.37. The zero-order valence-corrected chi connectivity index (χ0v) is 9.78. The molecule has 3 nitrogen and oxygen atoms in total. The van der Waals surface area contributed by atoms with Gasteiger partial charge in [-0.05, 0) is 50.7 Å². The number of nitrogens with zero attached hydrogens (tertiary/aromatic N) is 1. The third-order valence-electron chi connectivity index (χ3n) is 3.73. The molecule has 0 amide bonds. The quantitative estimate of drug-likeness (QED) is 0.680. The maximum atomic E-state index is 9.80. The number of β-amino-alcohol motifs (C(OH)–C–C–N with tert-alkyl or cyclic N) is 1. The average molecular weight is 212 g/mol. The van der Waals surface area contributed by atoms with Gasteiger partial charge in [0, 0.05) is 13.1 Å². The van der Waals surface area contributed by atoms with Crippen LogP contribution in [0.4, 0.5) is 0 Å². The van der Waals surface area contributed by atoms with Crippen molar-refractivity contribution in [3.63, 3.8) is 0 Å². The van der Waals surface area contributed by atoms with Gasteiger partial charge in [-0.1, -0.05) is 6.92 Å². The molecule has 3 atom stereocenters. The van der Waals surface area contributed by atoms with Crippen LogP contribution in [0.3, 0.4) is 0 Å². The van der Waals surface area contributed by atoms with Gasteiger partial charge in [0.1, 0.15) is 0 Å². The average Bonchev–Trinajstić information content (AvgIpc) is 2.69. The molecule has 0 aromatic rings. The summed E-state index contributed by atoms with van der Waals surface area (Å²) in [6, 6.07) is 0. The number of rotatable bonds is 6. The summed E-state index contributed by atoms with van der Waals surface area (Å²) in [5.41, 5.74) is 0. The van der Waals surface area contributed by atoms with Crippen molar-refractivity contribution in [2.24, 2.45) is 11.8 Å². The highest BCUT2D eigenvalue weighted by Gasteiger charge is 2.31. The number of aliphatic hydroxyl groups is 1. The largest absolute Gasteiger partial charge is 0.390 e. The molecular formula is C12H24N2O. The summed E-state index contributed by atoms with van der Waals surface area (Å²) in [7, 11) is 0. The van der Waals surface area contributed by atoms with E-state index in [2.05, 4.69) is 17.1 Å². The minimum atomic E-state index is -0.183. The van der Waals surface area contributed by atoms with Gasteiger partial charge in [0.25, 0.3) is 0 Å². The molecule has 88 valence electrons. The Balaban J connectivity index is 1.50. The molecule has 1 saturated heterocycles. The highest BCUT2D eigenvalue weighted by atomic mass is 16.3. The smallest absolute Gasteiger partial charge is 0.0791 e. The van der Waals surface area contributed by atoms with Gasteiger partial charge in [-0.15, -0.1) is 0 Å². The fraction of sp³-hybridized carbons (Fsp3) is 1.00. The molecule has 0 bridgehead atoms. The Kier molecular flexibility index (Phi) is 4.00. The molecule has 2 N–H and O–H groups in total. The highest BCUT2D eigenvalue weighted by Crippen LogP contribution is 2.36. The van der Waals surface area contributed by atoms with Gasteiger partial charge >= 0.3 is 0 Å². The predicted molar refractivity (Wildman–Crippen MR) is 61.8 cm³/mol. The molecule has 0 spiro atoms. The number of hydrogen-bond donors (Lipinski definition) is 2. The molecule has 0 aromatic heterocycles. The molecule has 1 aliphatic carbocycles. The van der Waals surface area contributed by atoms with E-state index in [-0.39, 0.29) is 6.10 Å². The number of hydrogen-bond acceptors (Lipinski definition) is 3. The summed E-state index contributed by atoms with van der Waals surface area (Å²) in [5.74, 6) is 1.79. The Morgan fingerprint density at radius 2 is 2.07 bits per heavy atom. The van der Waals surface area contributed by atoms with Gasteiger partial charge in [-0.2, -0.15) is 0 Å². The van der Waals surface area contributed by atoms with Crippen molar-refractivity contribution in [2.75, 3.05) is 32.7 Å². The van der Waals surface area contributed by atoms with Crippen LogP contribution >= 0.6 is 0 Å². The van der Waals surface area contributed by atoms with Crippen molar-refractivity contribution in [2.45, 2.75) is 32.3 Å². The van der Waals surface area contributed by atoms with Gasteiger partial charge in [0.05, 0.1) is 6.10 Å². The first-order chi connectivity index (χ1) is 7.25. The molecule has 15 heavy (non-hydrogen) atoms. The van der Waals surface area contributed by atoms with Crippen LogP contribution in [-0.2, 0) is 0 Å². The minimum absolute atomic E-state index is 0.183. The van der Waals surface area contributed by atoms with Crippen molar-refractivity contribution in [3.8, 4) is 0 Å². The Bertz CT molecular complexity index is 192. The Hall–Kier alpha value is -0.120. The second kappa shape index (κ2) is 5.28. The standard InChI is InChI=1S/C12H24N2O/c1-10-6-11(10)7-13-8-12(15)9-14-4-2-3-5-14/h10-13,15H,2-9H2,1H3. The van der Waals surface area contributed by atoms with Crippen LogP contribution < -0.4 is 5.32 Å². The van der Waals surface area contributed by atoms with Gasteiger partial charge in [0.15, 0.2) is 0 Å². The molecule has 1 saturated carbocycles. The van der Waals surface area contributed by atoms with E-state index in [9.17, 15) is 5.11 Å². The van der Waals surface area contributed by atoms with Crippen molar-refractivity contribution in [1.82, 2.24) is 10.2 Å². The first-order valence-electron chi connectivity index (χ1n) is 6.37. The number of nitrogens with one attached hydrogen (secondary N) is 1. The lowest BCUT2D eigenvalue weighted by molar-refractivity contribution is 0.123. The fourth-order valence-corrected chi connectivity index (χ4v) is 2.45. The Morgan fingerprint density at radius 1 is 1.40 bits per heavy atom. The zero-order valence-electron chi connectivity index (χ0n) is 9.78. The zero-order chi connectivity index (χ0) is 10.7. The van der Waals surface area contributed by atoms with E-state index in [0.717, 1.165) is 31.5 Å². The maximum absolute atomic E-state index is 9.80. The summed E-state index contributed by atoms with van der Waals surface area (Å²) in [6.45, 7) is 7.37. The Labute approximate surface area is 92.8 Å². The van der Waals surface area contributed by atoms with E-state index in [4.69, 9.17) is 0 Å². The summed E-state index contributed by atoms with van der Waals surface area (Å²) in [4.78, 5) is 2.37. The maximum Gasteiger partial charge on any atom is 0.0791 e. The molecule has 0 aromatic carbocycles. The van der Waals surface area contributed by atoms with Crippen LogP contribution in [-0.4, -0.2) is 48.8 Å². The molecule has 1 aliphatic heterocycles. The van der Waals surface area contributed by atoms with Gasteiger partial charge < -0.3 is 15.3 Å². The second-order valence-electron chi connectivity index (χ2n) is 5.29. The van der Waals surface area contributed by atoms with Crippen molar-refractivity contribution in [1.29, 1.82) is 0 Å². The molecule has 3 heteroatoms. The van der Waals surface area contributed by atoms with Gasteiger partial charge in [-0.3, -0.25) is 0 Å². The lowest BCUT2D eigenvalue weighted by atomic mass is 10.3. The van der Waals surface area contributed by atoms with E-state index in [0.29, 0.717) is 0 Å². The SMILES string of the molecule is CC1CC1CNCC(O)CN1CCCC1. The minimum Gasteiger partial charge on any atom is -0.390 e. The van der Waals surface area contributed by atoms with E-state index < -0.39 is 0 Å². The van der Waals surface area contributed by atoms with Crippen LogP contribution in [0.25, 0.3) is 0 Å². The highest BCUT2D eigenvalue weighted by molar-refractivity contribution is 4.84. The van der Waals surface area contributed by atoms with E-state index in [1.807, 2.05) is 0 Å². The van der Waals surface area contributed by atoms with Crippen molar-refractivity contribution < 1.29 is 5.11 Å². The fourth-order valence-electron chi connectivity index (χ4n) is 2.45. The Morgan fingerprint density at radius 3 is 2.67 bits per heavy atom. The van der Waals surface area contributed by atoms with E-state index >= 15 is 0 Å². The molecule has 1 heterocycles. The van der Waals surface area contributed by atoms with Crippen molar-refractivity contribution in [3.05, 3.63) is 0 Å². The first-order valence-corrected chi connectivity index (χ1v) is 6.37. The summed E-state index contributed by atoms with van der Waals surface area (Å²) >= 11 is 0. The van der Waals surface area contributed by atoms with Gasteiger partial charge in [0.2, 0.25) is 0 Å². The molecule has 2 aliphatic rings. The van der Waals surface area contributed by atoms with Crippen molar-refractivity contribution >= 4 is 0 Å². The normalized spacial score (nSPS) is 33.2. The molecule has 3 unspecified atom stereocenters. The third kappa shape index (κ3) is 3.74. The summed E-state index contributed by atoms with van der Waals surface area (Å²) in [6.07, 6.45) is 3.80. The monoisotopic (exact) mass is 212 g/mol.